The molecular formula is C21H19NO4S. The molecule has 1 amide bonds. The third-order valence-electron chi connectivity index (χ3n) is 5.33. The number of thioether (sulfide) groups is 1. The number of likely N-dealkylation sites (tertiary alicyclic amines) is 1. The van der Waals surface area contributed by atoms with Crippen LogP contribution in [0, 0.1) is 0 Å². The Morgan fingerprint density at radius 2 is 1.78 bits per heavy atom. The molecule has 0 bridgehead atoms. The van der Waals surface area contributed by atoms with Gasteiger partial charge in [0, 0.05) is 40.6 Å². The van der Waals surface area contributed by atoms with E-state index in [1.165, 1.54) is 30.3 Å². The molecule has 0 unspecified atom stereocenters. The summed E-state index contributed by atoms with van der Waals surface area (Å²) in [5.41, 5.74) is 1.08. The topological polar surface area (TPSA) is 74.7 Å². The zero-order chi connectivity index (χ0) is 19.1. The normalized spacial score (nSPS) is 16.9. The number of phenolic OH excluding ortho intramolecular Hbond substituents is 1. The van der Waals surface area contributed by atoms with Gasteiger partial charge in [-0.3, -0.25) is 14.4 Å². The van der Waals surface area contributed by atoms with E-state index in [4.69, 9.17) is 0 Å². The quantitative estimate of drug-likeness (QED) is 0.738. The van der Waals surface area contributed by atoms with Crippen molar-refractivity contribution in [3.8, 4) is 5.75 Å². The fourth-order valence-electron chi connectivity index (χ4n) is 3.79. The van der Waals surface area contributed by atoms with E-state index in [0.717, 1.165) is 12.8 Å². The highest BCUT2D eigenvalue weighted by Crippen LogP contribution is 2.33. The second kappa shape index (κ2) is 6.85. The summed E-state index contributed by atoms with van der Waals surface area (Å²) < 4.78 is 0. The number of rotatable bonds is 2. The zero-order valence-corrected chi connectivity index (χ0v) is 15.7. The summed E-state index contributed by atoms with van der Waals surface area (Å²) in [4.78, 5) is 40.2. The fraction of sp³-hybridized carbons (Fsp3) is 0.286. The lowest BCUT2D eigenvalue weighted by atomic mass is 9.83. The molecule has 2 aliphatic rings. The van der Waals surface area contributed by atoms with Crippen molar-refractivity contribution in [1.29, 1.82) is 0 Å². The van der Waals surface area contributed by atoms with Crippen LogP contribution in [0.2, 0.25) is 0 Å². The average molecular weight is 381 g/mol. The van der Waals surface area contributed by atoms with Crippen LogP contribution >= 0.6 is 11.8 Å². The lowest BCUT2D eigenvalue weighted by Crippen LogP contribution is -2.39. The van der Waals surface area contributed by atoms with Crippen LogP contribution in [0.4, 0.5) is 0 Å². The Hall–Kier alpha value is -2.60. The van der Waals surface area contributed by atoms with Gasteiger partial charge in [-0.25, -0.2) is 0 Å². The molecule has 0 aromatic heterocycles. The predicted molar refractivity (Wildman–Crippen MR) is 104 cm³/mol. The van der Waals surface area contributed by atoms with E-state index < -0.39 is 5.78 Å². The van der Waals surface area contributed by atoms with Gasteiger partial charge in [-0.15, -0.1) is 0 Å². The second-order valence-corrected chi connectivity index (χ2v) is 7.98. The van der Waals surface area contributed by atoms with Crippen molar-refractivity contribution >= 4 is 29.2 Å². The Kier molecular flexibility index (Phi) is 4.52. The standard InChI is InChI=1S/C21H19NO4S/c1-27-13-7-9-22(10-8-13)21(26)12-5-6-14-16(11-12)19(24)15-3-2-4-17(23)18(15)20(14)25/h2-6,11,13,23H,7-10H2,1H3. The molecule has 1 saturated heterocycles. The number of carbonyl (C=O) groups is 3. The Bertz CT molecular complexity index is 961. The maximum absolute atomic E-state index is 12.9. The molecule has 0 atom stereocenters. The van der Waals surface area contributed by atoms with E-state index in [9.17, 15) is 19.5 Å². The van der Waals surface area contributed by atoms with Crippen molar-refractivity contribution in [2.45, 2.75) is 18.1 Å². The van der Waals surface area contributed by atoms with Crippen LogP contribution in [0.25, 0.3) is 0 Å². The van der Waals surface area contributed by atoms with E-state index in [0.29, 0.717) is 23.9 Å². The number of nitrogens with zero attached hydrogens (tertiary/aromatic N) is 1. The number of aromatic hydroxyl groups is 1. The summed E-state index contributed by atoms with van der Waals surface area (Å²) in [6.07, 6.45) is 4.01. The van der Waals surface area contributed by atoms with E-state index in [-0.39, 0.29) is 39.7 Å². The molecule has 27 heavy (non-hydrogen) atoms. The van der Waals surface area contributed by atoms with Crippen molar-refractivity contribution in [3.63, 3.8) is 0 Å². The smallest absolute Gasteiger partial charge is 0.253 e. The predicted octanol–water partition coefficient (Wildman–Crippen LogP) is 3.14. The van der Waals surface area contributed by atoms with Gasteiger partial charge in [0.25, 0.3) is 5.91 Å². The Labute approximate surface area is 161 Å². The van der Waals surface area contributed by atoms with Crippen molar-refractivity contribution in [1.82, 2.24) is 4.90 Å². The number of benzene rings is 2. The molecule has 0 spiro atoms. The number of ketones is 2. The van der Waals surface area contributed by atoms with Crippen molar-refractivity contribution in [3.05, 3.63) is 64.2 Å². The molecule has 0 radical (unpaired) electrons. The van der Waals surface area contributed by atoms with Gasteiger partial charge < -0.3 is 10.0 Å². The number of hydrogen-bond acceptors (Lipinski definition) is 5. The van der Waals surface area contributed by atoms with Crippen molar-refractivity contribution < 1.29 is 19.5 Å². The summed E-state index contributed by atoms with van der Waals surface area (Å²) in [5.74, 6) is -1.05. The number of piperidine rings is 1. The van der Waals surface area contributed by atoms with Crippen LogP contribution in [-0.2, 0) is 0 Å². The molecule has 2 aromatic carbocycles. The number of fused-ring (bicyclic) bond motifs is 2. The highest BCUT2D eigenvalue weighted by Gasteiger charge is 2.33. The van der Waals surface area contributed by atoms with Gasteiger partial charge in [0.15, 0.2) is 11.6 Å². The van der Waals surface area contributed by atoms with Crippen LogP contribution in [0.3, 0.4) is 0 Å². The van der Waals surface area contributed by atoms with Crippen LogP contribution in [0.15, 0.2) is 36.4 Å². The summed E-state index contributed by atoms with van der Waals surface area (Å²) in [6, 6.07) is 9.09. The molecular weight excluding hydrogens is 362 g/mol. The number of carbonyl (C=O) groups excluding carboxylic acids is 3. The highest BCUT2D eigenvalue weighted by molar-refractivity contribution is 7.99. The third kappa shape index (κ3) is 2.94. The van der Waals surface area contributed by atoms with Crippen LogP contribution < -0.4 is 0 Å². The number of phenols is 1. The summed E-state index contributed by atoms with van der Waals surface area (Å²) in [7, 11) is 0. The van der Waals surface area contributed by atoms with Gasteiger partial charge in [-0.05, 0) is 43.4 Å². The third-order valence-corrected chi connectivity index (χ3v) is 6.47. The fourth-order valence-corrected chi connectivity index (χ4v) is 4.47. The maximum Gasteiger partial charge on any atom is 0.253 e. The van der Waals surface area contributed by atoms with Crippen LogP contribution in [0.1, 0.15) is 55.0 Å². The Morgan fingerprint density at radius 3 is 2.48 bits per heavy atom. The zero-order valence-electron chi connectivity index (χ0n) is 14.9. The maximum atomic E-state index is 12.9. The first kappa shape index (κ1) is 17.8. The second-order valence-electron chi connectivity index (χ2n) is 6.85. The van der Waals surface area contributed by atoms with E-state index in [1.54, 1.807) is 6.07 Å². The highest BCUT2D eigenvalue weighted by atomic mass is 32.2. The van der Waals surface area contributed by atoms with Gasteiger partial charge in [0.1, 0.15) is 5.75 Å². The van der Waals surface area contributed by atoms with Gasteiger partial charge in [-0.1, -0.05) is 12.1 Å². The van der Waals surface area contributed by atoms with Gasteiger partial charge in [0.05, 0.1) is 5.56 Å². The molecule has 0 saturated carbocycles. The first-order valence-corrected chi connectivity index (χ1v) is 10.2. The van der Waals surface area contributed by atoms with Crippen molar-refractivity contribution in [2.75, 3.05) is 19.3 Å². The Balaban J connectivity index is 1.67. The van der Waals surface area contributed by atoms with Crippen LogP contribution in [0.5, 0.6) is 5.75 Å². The average Bonchev–Trinajstić information content (AvgIpc) is 2.71. The number of hydrogen-bond donors (Lipinski definition) is 1. The number of amides is 1. The molecule has 1 N–H and O–H groups in total. The minimum atomic E-state index is -0.391. The molecule has 6 heteroatoms. The molecule has 4 rings (SSSR count). The van der Waals surface area contributed by atoms with E-state index in [2.05, 4.69) is 6.26 Å². The lowest BCUT2D eigenvalue weighted by Gasteiger charge is -2.31. The summed E-state index contributed by atoms with van der Waals surface area (Å²) in [6.45, 7) is 1.40. The van der Waals surface area contributed by atoms with Crippen LogP contribution in [-0.4, -0.2) is 52.1 Å². The van der Waals surface area contributed by atoms with E-state index >= 15 is 0 Å². The lowest BCUT2D eigenvalue weighted by molar-refractivity contribution is 0.0727. The summed E-state index contributed by atoms with van der Waals surface area (Å²) >= 11 is 1.83. The van der Waals surface area contributed by atoms with Gasteiger partial charge >= 0.3 is 0 Å². The first-order valence-electron chi connectivity index (χ1n) is 8.88. The van der Waals surface area contributed by atoms with E-state index in [1.807, 2.05) is 16.7 Å². The molecule has 1 aliphatic heterocycles. The molecule has 138 valence electrons. The monoisotopic (exact) mass is 381 g/mol. The SMILES string of the molecule is CSC1CCN(C(=O)c2ccc3c(c2)C(=O)c2cccc(O)c2C3=O)CC1. The largest absolute Gasteiger partial charge is 0.507 e. The summed E-state index contributed by atoms with van der Waals surface area (Å²) in [5, 5.41) is 10.6. The Morgan fingerprint density at radius 1 is 1.04 bits per heavy atom. The molecule has 5 nitrogen and oxygen atoms in total. The molecule has 1 heterocycles. The minimum Gasteiger partial charge on any atom is -0.507 e. The van der Waals surface area contributed by atoms with Gasteiger partial charge in [-0.2, -0.15) is 11.8 Å². The molecule has 2 aromatic rings. The van der Waals surface area contributed by atoms with Crippen molar-refractivity contribution in [2.24, 2.45) is 0 Å². The van der Waals surface area contributed by atoms with Gasteiger partial charge in [0.2, 0.25) is 0 Å². The molecule has 1 aliphatic carbocycles. The molecule has 1 fully saturated rings. The first-order chi connectivity index (χ1) is 13.0. The minimum absolute atomic E-state index is 0.0354.